The maximum Gasteiger partial charge on any atom is 0.217 e. The third-order valence-corrected chi connectivity index (χ3v) is 8.57. The largest absolute Gasteiger partial charge is 0.481 e. The molecule has 4 rings (SSSR count). The lowest BCUT2D eigenvalue weighted by Gasteiger charge is -2.39. The molecule has 0 aliphatic heterocycles. The fourth-order valence-corrected chi connectivity index (χ4v) is 6.20. The summed E-state index contributed by atoms with van der Waals surface area (Å²) in [5.41, 5.74) is 1.53. The minimum absolute atomic E-state index is 0.342. The monoisotopic (exact) mass is 669 g/mol. The second-order valence-corrected chi connectivity index (χ2v) is 12.9. The van der Waals surface area contributed by atoms with Gasteiger partial charge in [-0.3, -0.25) is 0 Å². The van der Waals surface area contributed by atoms with Crippen molar-refractivity contribution >= 4 is 44.4 Å². The van der Waals surface area contributed by atoms with Crippen molar-refractivity contribution < 1.29 is 19.3 Å². The predicted molar refractivity (Wildman–Crippen MR) is 177 cm³/mol. The molecule has 0 fully saturated rings. The lowest BCUT2D eigenvalue weighted by molar-refractivity contribution is 0.00325. The Hall–Kier alpha value is -3.12. The number of ether oxygens (including phenoxy) is 3. The maximum atomic E-state index is 13.2. The van der Waals surface area contributed by atoms with E-state index in [9.17, 15) is 5.11 Å². The second kappa shape index (κ2) is 14.1. The summed E-state index contributed by atoms with van der Waals surface area (Å²) in [6.07, 6.45) is 0.372. The quantitative estimate of drug-likeness (QED) is 0.172. The van der Waals surface area contributed by atoms with E-state index in [-0.39, 0.29) is 0 Å². The molecule has 4 aromatic rings. The molecule has 0 aliphatic carbocycles. The maximum absolute atomic E-state index is 13.2. The number of benzene rings is 1. The molecule has 0 radical (unpaired) electrons. The summed E-state index contributed by atoms with van der Waals surface area (Å²) >= 11 is 5.26. The highest BCUT2D eigenvalue weighted by molar-refractivity contribution is 9.10. The molecular formula is C32H40BrN5O4S. The molecule has 2 atom stereocenters. The Morgan fingerprint density at radius 1 is 0.907 bits per heavy atom. The van der Waals surface area contributed by atoms with E-state index in [4.69, 9.17) is 24.2 Å². The molecule has 0 saturated heterocycles. The molecule has 0 aliphatic rings. The number of rotatable bonds is 13. The molecule has 3 heterocycles. The van der Waals surface area contributed by atoms with E-state index in [1.54, 1.807) is 45.2 Å². The Kier molecular flexibility index (Phi) is 10.8. The number of methoxy groups -OCH3 is 3. The van der Waals surface area contributed by atoms with Gasteiger partial charge in [0.2, 0.25) is 17.6 Å². The van der Waals surface area contributed by atoms with Gasteiger partial charge in [-0.2, -0.15) is 4.98 Å². The van der Waals surface area contributed by atoms with Gasteiger partial charge in [0.05, 0.1) is 31.9 Å². The zero-order valence-electron chi connectivity index (χ0n) is 26.0. The summed E-state index contributed by atoms with van der Waals surface area (Å²) in [4.78, 5) is 18.2. The number of anilines is 1. The molecular weight excluding hydrogens is 630 g/mol. The van der Waals surface area contributed by atoms with Gasteiger partial charge in [-0.25, -0.2) is 9.97 Å². The van der Waals surface area contributed by atoms with Crippen LogP contribution in [0.15, 0.2) is 58.0 Å². The van der Waals surface area contributed by atoms with Gasteiger partial charge in [0.15, 0.2) is 0 Å². The van der Waals surface area contributed by atoms with Crippen LogP contribution in [0.1, 0.15) is 36.0 Å². The van der Waals surface area contributed by atoms with Gasteiger partial charge in [0, 0.05) is 54.1 Å². The summed E-state index contributed by atoms with van der Waals surface area (Å²) in [6.45, 7) is 2.69. The van der Waals surface area contributed by atoms with Crippen molar-refractivity contribution in [1.29, 1.82) is 0 Å². The van der Waals surface area contributed by atoms with Crippen LogP contribution in [0, 0.1) is 0 Å². The Bertz CT molecular complexity index is 1550. The minimum atomic E-state index is -1.48. The van der Waals surface area contributed by atoms with E-state index >= 15 is 0 Å². The van der Waals surface area contributed by atoms with Gasteiger partial charge in [0.25, 0.3) is 0 Å². The van der Waals surface area contributed by atoms with Crippen molar-refractivity contribution in [3.8, 4) is 17.6 Å². The number of thioether (sulfide) groups is 1. The van der Waals surface area contributed by atoms with Gasteiger partial charge in [-0.1, -0.05) is 22.9 Å². The Balaban J connectivity index is 2.14. The van der Waals surface area contributed by atoms with Gasteiger partial charge < -0.3 is 29.1 Å². The molecule has 1 aromatic carbocycles. The van der Waals surface area contributed by atoms with E-state index in [0.717, 1.165) is 43.1 Å². The standard InChI is InChI=1S/C32H40BrN5O4S/c1-9-43-29-17-21(16-26(35-29)38(4)5)30(24-15-20-14-23(33)10-11-25(20)34-31(24)42-8)32(39,12-13-37(2)3)22-18-27(40-6)36-28(19-22)41-7/h10-11,14-19,30,39H,9,12-13H2,1-8H3/t30-,32-/m1/s1. The first-order chi connectivity index (χ1) is 20.5. The first-order valence-corrected chi connectivity index (χ1v) is 15.7. The third-order valence-electron chi connectivity index (χ3n) is 7.28. The number of nitrogens with zero attached hydrogens (tertiary/aromatic N) is 5. The number of pyridine rings is 3. The van der Waals surface area contributed by atoms with Crippen LogP contribution in [-0.2, 0) is 5.60 Å². The molecule has 0 saturated carbocycles. The number of hydrogen-bond donors (Lipinski definition) is 1. The molecule has 9 nitrogen and oxygen atoms in total. The zero-order chi connectivity index (χ0) is 31.3. The fraction of sp³-hybridized carbons (Fsp3) is 0.406. The first-order valence-electron chi connectivity index (χ1n) is 14.0. The normalized spacial score (nSPS) is 13.6. The van der Waals surface area contributed by atoms with Crippen LogP contribution in [0.25, 0.3) is 10.9 Å². The molecule has 43 heavy (non-hydrogen) atoms. The number of aromatic nitrogens is 3. The van der Waals surface area contributed by atoms with Crippen molar-refractivity contribution in [2.24, 2.45) is 0 Å². The van der Waals surface area contributed by atoms with Gasteiger partial charge >= 0.3 is 0 Å². The average Bonchev–Trinajstić information content (AvgIpc) is 2.99. The van der Waals surface area contributed by atoms with Gasteiger partial charge in [0.1, 0.15) is 11.4 Å². The van der Waals surface area contributed by atoms with Gasteiger partial charge in [-0.15, -0.1) is 11.8 Å². The summed E-state index contributed by atoms with van der Waals surface area (Å²) in [7, 11) is 12.6. The molecule has 0 spiro atoms. The Labute approximate surface area is 266 Å². The van der Waals surface area contributed by atoms with Crippen LogP contribution in [-0.4, -0.2) is 86.8 Å². The highest BCUT2D eigenvalue weighted by Gasteiger charge is 2.43. The molecule has 3 aromatic heterocycles. The highest BCUT2D eigenvalue weighted by atomic mass is 79.9. The predicted octanol–water partition coefficient (Wildman–Crippen LogP) is 5.96. The van der Waals surface area contributed by atoms with Crippen LogP contribution in [0.2, 0.25) is 0 Å². The topological polar surface area (TPSA) is 93.1 Å². The second-order valence-electron chi connectivity index (χ2n) is 10.7. The van der Waals surface area contributed by atoms with Crippen molar-refractivity contribution in [2.45, 2.75) is 29.9 Å². The average molecular weight is 671 g/mol. The van der Waals surface area contributed by atoms with Crippen LogP contribution < -0.4 is 19.1 Å². The Morgan fingerprint density at radius 3 is 2.19 bits per heavy atom. The van der Waals surface area contributed by atoms with Crippen LogP contribution in [0.4, 0.5) is 5.82 Å². The summed E-state index contributed by atoms with van der Waals surface area (Å²) < 4.78 is 18.0. The smallest absolute Gasteiger partial charge is 0.217 e. The van der Waals surface area contributed by atoms with Crippen molar-refractivity contribution in [1.82, 2.24) is 19.9 Å². The van der Waals surface area contributed by atoms with Crippen molar-refractivity contribution in [2.75, 3.05) is 66.7 Å². The molecule has 0 unspecified atom stereocenters. The van der Waals surface area contributed by atoms with E-state index < -0.39 is 11.5 Å². The third kappa shape index (κ3) is 7.34. The van der Waals surface area contributed by atoms with E-state index in [1.165, 1.54) is 0 Å². The molecule has 230 valence electrons. The number of hydrogen-bond acceptors (Lipinski definition) is 10. The minimum Gasteiger partial charge on any atom is -0.481 e. The van der Waals surface area contributed by atoms with Crippen LogP contribution in [0.3, 0.4) is 0 Å². The number of aliphatic hydroxyl groups is 1. The first kappa shape index (κ1) is 32.8. The highest BCUT2D eigenvalue weighted by Crippen LogP contribution is 2.49. The number of halogens is 1. The lowest BCUT2D eigenvalue weighted by atomic mass is 9.72. The SMILES string of the molecule is CCSc1cc([C@H](c2cc3cc(Br)ccc3nc2OC)[C@@](O)(CCN(C)C)c2cc(OC)nc(OC)c2)cc(N(C)C)n1. The van der Waals surface area contributed by atoms with E-state index in [0.29, 0.717) is 36.2 Å². The number of fused-ring (bicyclic) bond motifs is 1. The van der Waals surface area contributed by atoms with Crippen LogP contribution in [0.5, 0.6) is 17.6 Å². The fourth-order valence-electron chi connectivity index (χ4n) is 5.15. The van der Waals surface area contributed by atoms with Gasteiger partial charge in [-0.05, 0) is 73.8 Å². The van der Waals surface area contributed by atoms with Crippen LogP contribution >= 0.6 is 27.7 Å². The molecule has 11 heteroatoms. The Morgan fingerprint density at radius 2 is 1.60 bits per heavy atom. The zero-order valence-corrected chi connectivity index (χ0v) is 28.4. The summed E-state index contributed by atoms with van der Waals surface area (Å²) in [6, 6.07) is 15.6. The van der Waals surface area contributed by atoms with E-state index in [2.05, 4.69) is 44.9 Å². The summed E-state index contributed by atoms with van der Waals surface area (Å²) in [5.74, 6) is 2.13. The van der Waals surface area contributed by atoms with E-state index in [1.807, 2.05) is 57.4 Å². The van der Waals surface area contributed by atoms with Crippen molar-refractivity contribution in [3.63, 3.8) is 0 Å². The molecule has 0 bridgehead atoms. The van der Waals surface area contributed by atoms with Crippen molar-refractivity contribution in [3.05, 3.63) is 69.7 Å². The molecule has 0 amide bonds. The summed E-state index contributed by atoms with van der Waals surface area (Å²) in [5, 5.41) is 15.0. The molecule has 1 N–H and O–H groups in total. The lowest BCUT2D eigenvalue weighted by Crippen LogP contribution is -2.38.